The Morgan fingerprint density at radius 1 is 1.12 bits per heavy atom. The number of nitrogens with one attached hydrogen (secondary N) is 3. The Hall–Kier alpha value is -2.08. The van der Waals surface area contributed by atoms with Gasteiger partial charge >= 0.3 is 0 Å². The van der Waals surface area contributed by atoms with Crippen LogP contribution in [0, 0.1) is 5.92 Å². The van der Waals surface area contributed by atoms with Crippen LogP contribution in [0.15, 0.2) is 35.3 Å². The Balaban J connectivity index is 2.43. The van der Waals surface area contributed by atoms with E-state index in [2.05, 4.69) is 27.9 Å². The molecule has 0 heterocycles. The maximum absolute atomic E-state index is 12.0. The van der Waals surface area contributed by atoms with Crippen LogP contribution in [0.3, 0.4) is 0 Å². The van der Waals surface area contributed by atoms with Gasteiger partial charge in [0, 0.05) is 26.2 Å². The van der Waals surface area contributed by atoms with Crippen LogP contribution in [0.2, 0.25) is 0 Å². The number of amides is 1. The molecule has 1 aromatic carbocycles. The maximum Gasteiger partial charge on any atom is 0.242 e. The van der Waals surface area contributed by atoms with Crippen molar-refractivity contribution in [3.63, 3.8) is 0 Å². The van der Waals surface area contributed by atoms with Crippen LogP contribution in [0.1, 0.15) is 38.7 Å². The van der Waals surface area contributed by atoms with Gasteiger partial charge in [-0.2, -0.15) is 0 Å². The standard InChI is InChI=1S/C19H32N4O2/c1-3-8-16(11-12-24)14-22-19(20-4-2)23-15-18(25)21-13-17-9-6-5-7-10-17/h5-7,9-10,16,24H,3-4,8,11-15H2,1-2H3,(H,21,25)(H2,20,22,23). The van der Waals surface area contributed by atoms with E-state index in [9.17, 15) is 4.79 Å². The number of rotatable bonds is 11. The highest BCUT2D eigenvalue weighted by molar-refractivity contribution is 5.84. The molecular formula is C19H32N4O2. The molecule has 6 nitrogen and oxygen atoms in total. The molecule has 0 aliphatic heterocycles. The summed E-state index contributed by atoms with van der Waals surface area (Å²) in [4.78, 5) is 16.3. The second kappa shape index (κ2) is 13.2. The molecule has 0 radical (unpaired) electrons. The average Bonchev–Trinajstić information content (AvgIpc) is 2.63. The van der Waals surface area contributed by atoms with E-state index in [1.165, 1.54) is 0 Å². The number of hydrogen-bond donors (Lipinski definition) is 4. The number of carbonyl (C=O) groups excluding carboxylic acids is 1. The molecule has 1 rings (SSSR count). The molecule has 1 unspecified atom stereocenters. The molecule has 0 saturated carbocycles. The SMILES string of the molecule is CCCC(CCO)CNC(=NCC(=O)NCc1ccccc1)NCC. The highest BCUT2D eigenvalue weighted by Crippen LogP contribution is 2.09. The van der Waals surface area contributed by atoms with Gasteiger partial charge in [-0.25, -0.2) is 4.99 Å². The first kappa shape index (κ1) is 21.0. The van der Waals surface area contributed by atoms with E-state index < -0.39 is 0 Å². The van der Waals surface area contributed by atoms with E-state index in [0.717, 1.165) is 37.9 Å². The topological polar surface area (TPSA) is 85.8 Å². The summed E-state index contributed by atoms with van der Waals surface area (Å²) in [7, 11) is 0. The lowest BCUT2D eigenvalue weighted by atomic mass is 10.0. The molecule has 4 N–H and O–H groups in total. The molecule has 1 atom stereocenters. The number of aliphatic hydroxyl groups excluding tert-OH is 1. The first-order valence-corrected chi connectivity index (χ1v) is 9.13. The van der Waals surface area contributed by atoms with Crippen molar-refractivity contribution in [2.75, 3.05) is 26.2 Å². The van der Waals surface area contributed by atoms with Crippen LogP contribution in [0.25, 0.3) is 0 Å². The third-order valence-corrected chi connectivity index (χ3v) is 3.85. The summed E-state index contributed by atoms with van der Waals surface area (Å²) >= 11 is 0. The Kier molecular flexibility index (Phi) is 11.1. The van der Waals surface area contributed by atoms with E-state index in [1.54, 1.807) is 0 Å². The van der Waals surface area contributed by atoms with Gasteiger partial charge in [0.15, 0.2) is 5.96 Å². The number of aliphatic imine (C=N–C) groups is 1. The summed E-state index contributed by atoms with van der Waals surface area (Å²) in [6, 6.07) is 9.80. The fourth-order valence-corrected chi connectivity index (χ4v) is 2.53. The third kappa shape index (κ3) is 9.72. The van der Waals surface area contributed by atoms with Crippen molar-refractivity contribution in [3.05, 3.63) is 35.9 Å². The van der Waals surface area contributed by atoms with Crippen LogP contribution in [0.5, 0.6) is 0 Å². The number of aliphatic hydroxyl groups is 1. The fraction of sp³-hybridized carbons (Fsp3) is 0.579. The van der Waals surface area contributed by atoms with Crippen LogP contribution in [-0.4, -0.2) is 43.2 Å². The van der Waals surface area contributed by atoms with Crippen LogP contribution >= 0.6 is 0 Å². The summed E-state index contributed by atoms with van der Waals surface area (Å²) in [6.07, 6.45) is 2.92. The maximum atomic E-state index is 12.0. The fourth-order valence-electron chi connectivity index (χ4n) is 2.53. The van der Waals surface area contributed by atoms with Gasteiger partial charge in [0.05, 0.1) is 0 Å². The molecule has 0 saturated heterocycles. The van der Waals surface area contributed by atoms with Crippen LogP contribution < -0.4 is 16.0 Å². The molecule has 0 aliphatic rings. The number of nitrogens with zero attached hydrogens (tertiary/aromatic N) is 1. The Morgan fingerprint density at radius 3 is 2.52 bits per heavy atom. The number of guanidine groups is 1. The first-order valence-electron chi connectivity index (χ1n) is 9.13. The van der Waals surface area contributed by atoms with Crippen molar-refractivity contribution in [2.24, 2.45) is 10.9 Å². The van der Waals surface area contributed by atoms with E-state index in [-0.39, 0.29) is 19.1 Å². The Bertz CT molecular complexity index is 499. The molecule has 1 amide bonds. The van der Waals surface area contributed by atoms with Crippen LogP contribution in [0.4, 0.5) is 0 Å². The number of carbonyl (C=O) groups is 1. The van der Waals surface area contributed by atoms with Gasteiger partial charge in [0.1, 0.15) is 6.54 Å². The summed E-state index contributed by atoms with van der Waals surface area (Å²) in [6.45, 7) is 6.39. The van der Waals surface area contributed by atoms with Crippen molar-refractivity contribution in [3.8, 4) is 0 Å². The molecule has 0 aliphatic carbocycles. The van der Waals surface area contributed by atoms with Crippen LogP contribution in [-0.2, 0) is 11.3 Å². The Morgan fingerprint density at radius 2 is 1.88 bits per heavy atom. The lowest BCUT2D eigenvalue weighted by Crippen LogP contribution is -2.40. The molecule has 0 aromatic heterocycles. The second-order valence-corrected chi connectivity index (χ2v) is 6.01. The normalized spacial score (nSPS) is 12.5. The predicted molar refractivity (Wildman–Crippen MR) is 102 cm³/mol. The van der Waals surface area contributed by atoms with Crippen molar-refractivity contribution < 1.29 is 9.90 Å². The highest BCUT2D eigenvalue weighted by atomic mass is 16.3. The van der Waals surface area contributed by atoms with Gasteiger partial charge in [-0.1, -0.05) is 43.7 Å². The predicted octanol–water partition coefficient (Wildman–Crippen LogP) is 1.66. The van der Waals surface area contributed by atoms with Crippen molar-refractivity contribution in [1.82, 2.24) is 16.0 Å². The molecule has 0 spiro atoms. The number of benzene rings is 1. The first-order chi connectivity index (χ1) is 12.2. The molecule has 0 fully saturated rings. The number of hydrogen-bond acceptors (Lipinski definition) is 3. The van der Waals surface area contributed by atoms with E-state index in [4.69, 9.17) is 5.11 Å². The summed E-state index contributed by atoms with van der Waals surface area (Å²) in [5, 5.41) is 18.4. The third-order valence-electron chi connectivity index (χ3n) is 3.85. The quantitative estimate of drug-likeness (QED) is 0.362. The zero-order valence-corrected chi connectivity index (χ0v) is 15.4. The largest absolute Gasteiger partial charge is 0.396 e. The minimum absolute atomic E-state index is 0.0839. The van der Waals surface area contributed by atoms with Crippen molar-refractivity contribution >= 4 is 11.9 Å². The molecule has 0 bridgehead atoms. The van der Waals surface area contributed by atoms with E-state index in [1.807, 2.05) is 37.3 Å². The monoisotopic (exact) mass is 348 g/mol. The summed E-state index contributed by atoms with van der Waals surface area (Å²) in [5.74, 6) is 0.934. The average molecular weight is 348 g/mol. The summed E-state index contributed by atoms with van der Waals surface area (Å²) < 4.78 is 0. The zero-order valence-electron chi connectivity index (χ0n) is 15.4. The molecule has 140 valence electrons. The lowest BCUT2D eigenvalue weighted by molar-refractivity contribution is -0.119. The van der Waals surface area contributed by atoms with Gasteiger partial charge in [-0.15, -0.1) is 0 Å². The van der Waals surface area contributed by atoms with Gasteiger partial charge in [0.2, 0.25) is 5.91 Å². The van der Waals surface area contributed by atoms with Gasteiger partial charge in [-0.05, 0) is 31.2 Å². The van der Waals surface area contributed by atoms with Crippen molar-refractivity contribution in [1.29, 1.82) is 0 Å². The lowest BCUT2D eigenvalue weighted by Gasteiger charge is -2.18. The highest BCUT2D eigenvalue weighted by Gasteiger charge is 2.08. The molecule has 25 heavy (non-hydrogen) atoms. The summed E-state index contributed by atoms with van der Waals surface area (Å²) in [5.41, 5.74) is 1.07. The molecule has 6 heteroatoms. The van der Waals surface area contributed by atoms with E-state index >= 15 is 0 Å². The van der Waals surface area contributed by atoms with Gasteiger partial charge in [0.25, 0.3) is 0 Å². The zero-order chi connectivity index (χ0) is 18.3. The minimum atomic E-state index is -0.110. The van der Waals surface area contributed by atoms with Gasteiger partial charge < -0.3 is 21.1 Å². The molecule has 1 aromatic rings. The van der Waals surface area contributed by atoms with Gasteiger partial charge in [-0.3, -0.25) is 4.79 Å². The second-order valence-electron chi connectivity index (χ2n) is 6.01. The van der Waals surface area contributed by atoms with E-state index in [0.29, 0.717) is 18.4 Å². The minimum Gasteiger partial charge on any atom is -0.396 e. The Labute approximate surface area is 151 Å². The van der Waals surface area contributed by atoms with Crippen molar-refractivity contribution in [2.45, 2.75) is 39.7 Å². The molecular weight excluding hydrogens is 316 g/mol. The smallest absolute Gasteiger partial charge is 0.242 e.